The van der Waals surface area contributed by atoms with Gasteiger partial charge in [0.25, 0.3) is 0 Å². The lowest BCUT2D eigenvalue weighted by molar-refractivity contribution is -0.123. The van der Waals surface area contributed by atoms with Crippen molar-refractivity contribution < 1.29 is 4.79 Å². The van der Waals surface area contributed by atoms with Crippen LogP contribution < -0.4 is 5.32 Å². The summed E-state index contributed by atoms with van der Waals surface area (Å²) >= 11 is 2.27. The molecule has 0 aliphatic heterocycles. The maximum absolute atomic E-state index is 12.8. The van der Waals surface area contributed by atoms with Crippen LogP contribution in [0.4, 0.5) is 5.69 Å². The van der Waals surface area contributed by atoms with Crippen LogP contribution in [0.15, 0.2) is 36.4 Å². The Morgan fingerprint density at radius 2 is 2.00 bits per heavy atom. The van der Waals surface area contributed by atoms with E-state index in [4.69, 9.17) is 0 Å². The molecule has 1 aromatic rings. The number of hydrogen-bond acceptors (Lipinski definition) is 1. The highest BCUT2D eigenvalue weighted by molar-refractivity contribution is 14.1. The van der Waals surface area contributed by atoms with Crippen molar-refractivity contribution in [3.05, 3.63) is 40.0 Å². The lowest BCUT2D eigenvalue weighted by atomic mass is 9.68. The lowest BCUT2D eigenvalue weighted by Gasteiger charge is -2.37. The molecule has 2 aliphatic rings. The predicted octanol–water partition coefficient (Wildman–Crippen LogP) is 4.61. The summed E-state index contributed by atoms with van der Waals surface area (Å²) in [7, 11) is 0. The maximum atomic E-state index is 12.8. The largest absolute Gasteiger partial charge is 0.325 e. The second-order valence-electron chi connectivity index (χ2n) is 6.68. The van der Waals surface area contributed by atoms with Crippen LogP contribution >= 0.6 is 22.6 Å². The number of rotatable bonds is 2. The van der Waals surface area contributed by atoms with E-state index in [1.165, 1.54) is 3.57 Å². The number of halogens is 1. The molecule has 3 rings (SSSR count). The van der Waals surface area contributed by atoms with Crippen molar-refractivity contribution in [2.45, 2.75) is 33.1 Å². The van der Waals surface area contributed by atoms with Crippen LogP contribution in [0.25, 0.3) is 0 Å². The van der Waals surface area contributed by atoms with Gasteiger partial charge in [0.2, 0.25) is 5.91 Å². The quantitative estimate of drug-likeness (QED) is 0.588. The Labute approximate surface area is 134 Å². The van der Waals surface area contributed by atoms with Crippen molar-refractivity contribution in [2.75, 3.05) is 5.32 Å². The summed E-state index contributed by atoms with van der Waals surface area (Å²) in [6, 6.07) is 7.95. The third-order valence-electron chi connectivity index (χ3n) is 5.43. The SMILES string of the molecule is C=C1C(C)(C)[C@@H]2CC[C@@]1(C(=O)Nc1ccc(I)cc1)C2. The Bertz CT molecular complexity index is 575. The summed E-state index contributed by atoms with van der Waals surface area (Å²) in [6.07, 6.45) is 3.07. The molecule has 0 unspecified atom stereocenters. The smallest absolute Gasteiger partial charge is 0.234 e. The van der Waals surface area contributed by atoms with Gasteiger partial charge >= 0.3 is 0 Å². The fourth-order valence-corrected chi connectivity index (χ4v) is 4.29. The molecule has 0 heterocycles. The Balaban J connectivity index is 1.84. The van der Waals surface area contributed by atoms with Crippen LogP contribution in [-0.4, -0.2) is 5.91 Å². The van der Waals surface area contributed by atoms with Gasteiger partial charge in [0.15, 0.2) is 0 Å². The summed E-state index contributed by atoms with van der Waals surface area (Å²) in [5.74, 6) is 0.745. The molecule has 0 radical (unpaired) electrons. The van der Waals surface area contributed by atoms with Crippen LogP contribution in [0.3, 0.4) is 0 Å². The minimum Gasteiger partial charge on any atom is -0.325 e. The van der Waals surface area contributed by atoms with E-state index in [0.29, 0.717) is 5.92 Å². The molecule has 3 heteroatoms. The first kappa shape index (κ1) is 14.1. The van der Waals surface area contributed by atoms with Crippen LogP contribution in [0.5, 0.6) is 0 Å². The molecule has 1 N–H and O–H groups in total. The normalized spacial score (nSPS) is 30.6. The zero-order valence-corrected chi connectivity index (χ0v) is 14.2. The zero-order valence-electron chi connectivity index (χ0n) is 12.0. The van der Waals surface area contributed by atoms with Gasteiger partial charge in [0.1, 0.15) is 0 Å². The number of carbonyl (C=O) groups is 1. The summed E-state index contributed by atoms with van der Waals surface area (Å²) in [4.78, 5) is 12.8. The van der Waals surface area contributed by atoms with Gasteiger partial charge in [-0.2, -0.15) is 0 Å². The highest BCUT2D eigenvalue weighted by atomic mass is 127. The Kier molecular flexibility index (Phi) is 3.23. The summed E-state index contributed by atoms with van der Waals surface area (Å²) in [5, 5.41) is 3.09. The van der Waals surface area contributed by atoms with Crippen LogP contribution in [0.2, 0.25) is 0 Å². The Morgan fingerprint density at radius 1 is 1.35 bits per heavy atom. The van der Waals surface area contributed by atoms with E-state index >= 15 is 0 Å². The third-order valence-corrected chi connectivity index (χ3v) is 6.15. The number of nitrogens with one attached hydrogen (secondary N) is 1. The number of amides is 1. The van der Waals surface area contributed by atoms with Crippen molar-refractivity contribution in [1.29, 1.82) is 0 Å². The van der Waals surface area contributed by atoms with Gasteiger partial charge in [-0.25, -0.2) is 0 Å². The molecule has 2 atom stereocenters. The highest BCUT2D eigenvalue weighted by Gasteiger charge is 2.60. The van der Waals surface area contributed by atoms with Gasteiger partial charge in [-0.05, 0) is 77.5 Å². The first-order chi connectivity index (χ1) is 9.36. The maximum Gasteiger partial charge on any atom is 0.234 e. The Morgan fingerprint density at radius 3 is 2.55 bits per heavy atom. The van der Waals surface area contributed by atoms with Crippen molar-refractivity contribution >= 4 is 34.2 Å². The molecule has 0 spiro atoms. The molecule has 0 aromatic heterocycles. The fourth-order valence-electron chi connectivity index (χ4n) is 3.93. The van der Waals surface area contributed by atoms with Gasteiger partial charge in [0, 0.05) is 9.26 Å². The summed E-state index contributed by atoms with van der Waals surface area (Å²) < 4.78 is 1.17. The van der Waals surface area contributed by atoms with Crippen molar-refractivity contribution in [3.63, 3.8) is 0 Å². The first-order valence-electron chi connectivity index (χ1n) is 7.13. The van der Waals surface area contributed by atoms with E-state index < -0.39 is 0 Å². The van der Waals surface area contributed by atoms with E-state index in [2.05, 4.69) is 48.3 Å². The molecule has 2 bridgehead atoms. The molecule has 1 amide bonds. The number of hydrogen-bond donors (Lipinski definition) is 1. The Hall–Kier alpha value is -0.840. The van der Waals surface area contributed by atoms with E-state index in [1.54, 1.807) is 0 Å². The minimum absolute atomic E-state index is 0.0989. The first-order valence-corrected chi connectivity index (χ1v) is 8.21. The average Bonchev–Trinajstić information content (AvgIpc) is 2.93. The molecular formula is C17H20INO. The number of benzene rings is 1. The van der Waals surface area contributed by atoms with Gasteiger partial charge in [-0.1, -0.05) is 26.0 Å². The monoisotopic (exact) mass is 381 g/mol. The van der Waals surface area contributed by atoms with E-state index in [1.807, 2.05) is 24.3 Å². The lowest BCUT2D eigenvalue weighted by Crippen LogP contribution is -2.37. The molecule has 2 fully saturated rings. The van der Waals surface area contributed by atoms with Gasteiger partial charge in [0.05, 0.1) is 5.41 Å². The van der Waals surface area contributed by atoms with E-state index in [9.17, 15) is 4.79 Å². The second-order valence-corrected chi connectivity index (χ2v) is 7.93. The predicted molar refractivity (Wildman–Crippen MR) is 90.5 cm³/mol. The molecular weight excluding hydrogens is 361 g/mol. The van der Waals surface area contributed by atoms with Crippen LogP contribution in [0, 0.1) is 20.3 Å². The summed E-state index contributed by atoms with van der Waals surface area (Å²) in [5.41, 5.74) is 1.77. The fraction of sp³-hybridized carbons (Fsp3) is 0.471. The molecule has 106 valence electrons. The molecule has 2 saturated carbocycles. The van der Waals surface area contributed by atoms with Crippen molar-refractivity contribution in [2.24, 2.45) is 16.7 Å². The molecule has 1 aromatic carbocycles. The van der Waals surface area contributed by atoms with Crippen molar-refractivity contribution in [1.82, 2.24) is 0 Å². The third kappa shape index (κ3) is 1.93. The molecule has 20 heavy (non-hydrogen) atoms. The minimum atomic E-state index is -0.336. The topological polar surface area (TPSA) is 29.1 Å². The number of anilines is 1. The second kappa shape index (κ2) is 4.58. The molecule has 0 saturated heterocycles. The van der Waals surface area contributed by atoms with E-state index in [0.717, 1.165) is 30.5 Å². The average molecular weight is 381 g/mol. The van der Waals surface area contributed by atoms with Crippen molar-refractivity contribution in [3.8, 4) is 0 Å². The van der Waals surface area contributed by atoms with Gasteiger partial charge in [-0.3, -0.25) is 4.79 Å². The van der Waals surface area contributed by atoms with Crippen LogP contribution in [0.1, 0.15) is 33.1 Å². The van der Waals surface area contributed by atoms with E-state index in [-0.39, 0.29) is 16.7 Å². The standard InChI is InChI=1S/C17H20INO/c1-11-16(2,3)12-8-9-17(11,10-12)15(20)19-14-6-4-13(18)5-7-14/h4-7,12H,1,8-10H2,2-3H3,(H,19,20)/t12-,17-/m1/s1. The number of carbonyl (C=O) groups excluding carboxylic acids is 1. The number of fused-ring (bicyclic) bond motifs is 2. The summed E-state index contributed by atoms with van der Waals surface area (Å²) in [6.45, 7) is 8.75. The highest BCUT2D eigenvalue weighted by Crippen LogP contribution is 2.65. The van der Waals surface area contributed by atoms with Gasteiger partial charge < -0.3 is 5.32 Å². The molecule has 2 nitrogen and oxygen atoms in total. The van der Waals surface area contributed by atoms with Crippen LogP contribution in [-0.2, 0) is 4.79 Å². The zero-order chi connectivity index (χ0) is 14.5. The molecule has 2 aliphatic carbocycles. The van der Waals surface area contributed by atoms with Gasteiger partial charge in [-0.15, -0.1) is 0 Å².